The summed E-state index contributed by atoms with van der Waals surface area (Å²) in [7, 11) is 2.00. The Balaban J connectivity index is 2.14. The lowest BCUT2D eigenvalue weighted by molar-refractivity contribution is 0.153. The minimum Gasteiger partial charge on any atom is -0.314 e. The molecule has 78 valence electrons. The first kappa shape index (κ1) is 10.1. The van der Waals surface area contributed by atoms with Gasteiger partial charge in [0.05, 0.1) is 6.07 Å². The molecular formula is C11H14N4. The third kappa shape index (κ3) is 1.99. The summed E-state index contributed by atoms with van der Waals surface area (Å²) in [5.41, 5.74) is 1.02. The highest BCUT2D eigenvalue weighted by molar-refractivity contribution is 5.21. The standard InChI is InChI=1S/C11H14N4/c1-15(10-7-14-8-10)11(6-12)9-2-4-13-5-3-9/h2-5,10-11,14H,7-8H2,1H3/t11-/m1/s1. The Morgan fingerprint density at radius 3 is 2.67 bits per heavy atom. The maximum Gasteiger partial charge on any atom is 0.124 e. The second-order valence-electron chi connectivity index (χ2n) is 3.79. The molecule has 15 heavy (non-hydrogen) atoms. The van der Waals surface area contributed by atoms with Crippen LogP contribution in [0.2, 0.25) is 0 Å². The van der Waals surface area contributed by atoms with Crippen LogP contribution in [0.5, 0.6) is 0 Å². The van der Waals surface area contributed by atoms with Crippen LogP contribution in [0.25, 0.3) is 0 Å². The maximum absolute atomic E-state index is 9.19. The van der Waals surface area contributed by atoms with Gasteiger partial charge in [-0.05, 0) is 24.7 Å². The fourth-order valence-electron chi connectivity index (χ4n) is 1.72. The largest absolute Gasteiger partial charge is 0.314 e. The summed E-state index contributed by atoms with van der Waals surface area (Å²) < 4.78 is 0. The van der Waals surface area contributed by atoms with Gasteiger partial charge in [-0.25, -0.2) is 0 Å². The van der Waals surface area contributed by atoms with Gasteiger partial charge in [-0.1, -0.05) is 0 Å². The van der Waals surface area contributed by atoms with E-state index in [1.165, 1.54) is 0 Å². The summed E-state index contributed by atoms with van der Waals surface area (Å²) in [4.78, 5) is 6.08. The molecule has 0 spiro atoms. The number of rotatable bonds is 3. The number of hydrogen-bond donors (Lipinski definition) is 1. The Morgan fingerprint density at radius 2 is 2.20 bits per heavy atom. The van der Waals surface area contributed by atoms with Crippen LogP contribution in [0.15, 0.2) is 24.5 Å². The number of pyridine rings is 1. The molecule has 1 N–H and O–H groups in total. The zero-order chi connectivity index (χ0) is 10.7. The van der Waals surface area contributed by atoms with Crippen LogP contribution in [0.3, 0.4) is 0 Å². The Hall–Kier alpha value is -1.44. The van der Waals surface area contributed by atoms with Gasteiger partial charge in [0.1, 0.15) is 6.04 Å². The molecule has 2 heterocycles. The molecule has 2 rings (SSSR count). The summed E-state index contributed by atoms with van der Waals surface area (Å²) in [5, 5.41) is 12.4. The second kappa shape index (κ2) is 4.39. The normalized spacial score (nSPS) is 18.2. The summed E-state index contributed by atoms with van der Waals surface area (Å²) in [6.07, 6.45) is 3.46. The smallest absolute Gasteiger partial charge is 0.124 e. The van der Waals surface area contributed by atoms with Crippen molar-refractivity contribution in [1.82, 2.24) is 15.2 Å². The van der Waals surface area contributed by atoms with Crippen LogP contribution in [0, 0.1) is 11.3 Å². The average molecular weight is 202 g/mol. The van der Waals surface area contributed by atoms with E-state index in [-0.39, 0.29) is 6.04 Å². The molecule has 0 bridgehead atoms. The van der Waals surface area contributed by atoms with Crippen molar-refractivity contribution in [3.05, 3.63) is 30.1 Å². The van der Waals surface area contributed by atoms with Gasteiger partial charge in [-0.15, -0.1) is 0 Å². The van der Waals surface area contributed by atoms with Gasteiger partial charge in [0.15, 0.2) is 0 Å². The molecule has 1 fully saturated rings. The highest BCUT2D eigenvalue weighted by Gasteiger charge is 2.27. The molecule has 1 aliphatic heterocycles. The van der Waals surface area contributed by atoms with E-state index >= 15 is 0 Å². The maximum atomic E-state index is 9.19. The second-order valence-corrected chi connectivity index (χ2v) is 3.79. The highest BCUT2D eigenvalue weighted by atomic mass is 15.2. The fourth-order valence-corrected chi connectivity index (χ4v) is 1.72. The van der Waals surface area contributed by atoms with Crippen molar-refractivity contribution < 1.29 is 0 Å². The molecule has 1 atom stereocenters. The Bertz CT molecular complexity index is 353. The number of hydrogen-bond acceptors (Lipinski definition) is 4. The third-order valence-corrected chi connectivity index (χ3v) is 2.89. The van der Waals surface area contributed by atoms with E-state index in [4.69, 9.17) is 0 Å². The lowest BCUT2D eigenvalue weighted by atomic mass is 10.0. The zero-order valence-corrected chi connectivity index (χ0v) is 8.72. The minimum atomic E-state index is -0.167. The van der Waals surface area contributed by atoms with E-state index < -0.39 is 0 Å². The summed E-state index contributed by atoms with van der Waals surface area (Å²) >= 11 is 0. The molecule has 4 nitrogen and oxygen atoms in total. The van der Waals surface area contributed by atoms with Crippen LogP contribution in [-0.4, -0.2) is 36.1 Å². The lowest BCUT2D eigenvalue weighted by Gasteiger charge is -2.38. The summed E-state index contributed by atoms with van der Waals surface area (Å²) in [5.74, 6) is 0. The van der Waals surface area contributed by atoms with Gasteiger partial charge in [-0.3, -0.25) is 9.88 Å². The lowest BCUT2D eigenvalue weighted by Crippen LogP contribution is -2.56. The van der Waals surface area contributed by atoms with Crippen molar-refractivity contribution in [3.63, 3.8) is 0 Å². The van der Waals surface area contributed by atoms with Gasteiger partial charge < -0.3 is 5.32 Å². The molecule has 1 aromatic heterocycles. The molecule has 0 aromatic carbocycles. The van der Waals surface area contributed by atoms with Crippen LogP contribution in [0.4, 0.5) is 0 Å². The quantitative estimate of drug-likeness (QED) is 0.777. The monoisotopic (exact) mass is 202 g/mol. The van der Waals surface area contributed by atoms with E-state index in [9.17, 15) is 5.26 Å². The van der Waals surface area contributed by atoms with Crippen molar-refractivity contribution in [2.75, 3.05) is 20.1 Å². The Kier molecular flexibility index (Phi) is 2.95. The van der Waals surface area contributed by atoms with Gasteiger partial charge in [0.25, 0.3) is 0 Å². The number of likely N-dealkylation sites (N-methyl/N-ethyl adjacent to an activating group) is 1. The minimum absolute atomic E-state index is 0.167. The predicted molar refractivity (Wildman–Crippen MR) is 57.0 cm³/mol. The predicted octanol–water partition coefficient (Wildman–Crippen LogP) is 0.550. The van der Waals surface area contributed by atoms with Crippen LogP contribution >= 0.6 is 0 Å². The van der Waals surface area contributed by atoms with Crippen molar-refractivity contribution in [2.45, 2.75) is 12.1 Å². The Morgan fingerprint density at radius 1 is 1.53 bits per heavy atom. The molecule has 1 aromatic rings. The van der Waals surface area contributed by atoms with Crippen molar-refractivity contribution in [3.8, 4) is 6.07 Å². The molecular weight excluding hydrogens is 188 g/mol. The van der Waals surface area contributed by atoms with Crippen molar-refractivity contribution in [1.29, 1.82) is 5.26 Å². The van der Waals surface area contributed by atoms with Gasteiger partial charge in [-0.2, -0.15) is 5.26 Å². The Labute approximate surface area is 89.5 Å². The zero-order valence-electron chi connectivity index (χ0n) is 8.72. The van der Waals surface area contributed by atoms with Crippen molar-refractivity contribution in [2.24, 2.45) is 0 Å². The van der Waals surface area contributed by atoms with Crippen LogP contribution in [0.1, 0.15) is 11.6 Å². The van der Waals surface area contributed by atoms with E-state index in [1.54, 1.807) is 12.4 Å². The molecule has 1 saturated heterocycles. The molecule has 4 heteroatoms. The number of nitrogens with zero attached hydrogens (tertiary/aromatic N) is 3. The summed E-state index contributed by atoms with van der Waals surface area (Å²) in [6, 6.07) is 6.44. The van der Waals surface area contributed by atoms with Gasteiger partial charge >= 0.3 is 0 Å². The summed E-state index contributed by atoms with van der Waals surface area (Å²) in [6.45, 7) is 1.94. The first-order chi connectivity index (χ1) is 7.33. The van der Waals surface area contributed by atoms with Crippen molar-refractivity contribution >= 4 is 0 Å². The molecule has 0 unspecified atom stereocenters. The number of nitriles is 1. The van der Waals surface area contributed by atoms with Crippen LogP contribution in [-0.2, 0) is 0 Å². The van der Waals surface area contributed by atoms with Gasteiger partial charge in [0, 0.05) is 31.5 Å². The first-order valence-electron chi connectivity index (χ1n) is 5.05. The molecule has 1 aliphatic rings. The number of aromatic nitrogens is 1. The van der Waals surface area contributed by atoms with E-state index in [1.807, 2.05) is 19.2 Å². The SMILES string of the molecule is CN(C1CNC1)[C@H](C#N)c1ccncc1. The van der Waals surface area contributed by atoms with E-state index in [2.05, 4.69) is 21.3 Å². The molecule has 0 saturated carbocycles. The molecule has 0 aliphatic carbocycles. The van der Waals surface area contributed by atoms with E-state index in [0.29, 0.717) is 6.04 Å². The molecule has 0 radical (unpaired) electrons. The van der Waals surface area contributed by atoms with Gasteiger partial charge in [0.2, 0.25) is 0 Å². The highest BCUT2D eigenvalue weighted by Crippen LogP contribution is 2.21. The van der Waals surface area contributed by atoms with Crippen LogP contribution < -0.4 is 5.32 Å². The first-order valence-corrected chi connectivity index (χ1v) is 5.05. The average Bonchev–Trinajstić information content (AvgIpc) is 2.18. The van der Waals surface area contributed by atoms with E-state index in [0.717, 1.165) is 18.7 Å². The molecule has 0 amide bonds. The topological polar surface area (TPSA) is 52.0 Å². The third-order valence-electron chi connectivity index (χ3n) is 2.89. The number of nitrogens with one attached hydrogen (secondary N) is 1. The fraction of sp³-hybridized carbons (Fsp3) is 0.455.